The van der Waals surface area contributed by atoms with Gasteiger partial charge in [0, 0.05) is 29.1 Å². The van der Waals surface area contributed by atoms with Crippen molar-refractivity contribution in [2.24, 2.45) is 0 Å². The number of nitro benzene ring substituents is 1. The van der Waals surface area contributed by atoms with Gasteiger partial charge in [0.15, 0.2) is 0 Å². The van der Waals surface area contributed by atoms with Crippen LogP contribution in [-0.4, -0.2) is 29.2 Å². The van der Waals surface area contributed by atoms with Crippen molar-refractivity contribution in [3.8, 4) is 0 Å². The molecule has 0 bridgehead atoms. The first-order valence-corrected chi connectivity index (χ1v) is 10.6. The zero-order valence-electron chi connectivity index (χ0n) is 16.2. The van der Waals surface area contributed by atoms with Gasteiger partial charge < -0.3 is 15.3 Å². The number of non-ortho nitro benzene ring substituents is 1. The first-order valence-electron chi connectivity index (χ1n) is 9.12. The molecule has 0 radical (unpaired) electrons. The monoisotopic (exact) mass is 453 g/mol. The van der Waals surface area contributed by atoms with E-state index in [4.69, 9.17) is 0 Å². The van der Waals surface area contributed by atoms with E-state index >= 15 is 0 Å². The number of hydrogen-bond donors (Lipinski definition) is 4. The lowest BCUT2D eigenvalue weighted by atomic mass is 10.2. The van der Waals surface area contributed by atoms with Crippen LogP contribution in [-0.2, 0) is 10.0 Å². The molecule has 162 valence electrons. The van der Waals surface area contributed by atoms with Gasteiger partial charge >= 0.3 is 5.69 Å². The summed E-state index contributed by atoms with van der Waals surface area (Å²) in [7, 11) is -4.06. The molecule has 1 aromatic heterocycles. The lowest BCUT2D eigenvalue weighted by molar-refractivity contribution is -0.385. The summed E-state index contributed by atoms with van der Waals surface area (Å²) in [5, 5.41) is 13.6. The molecule has 0 atom stereocenters. The zero-order chi connectivity index (χ0) is 22.9. The summed E-state index contributed by atoms with van der Waals surface area (Å²) in [5.41, 5.74) is 1.36. The van der Waals surface area contributed by atoms with Crippen LogP contribution in [0.15, 0.2) is 76.4 Å². The van der Waals surface area contributed by atoms with Crippen LogP contribution in [0.1, 0.15) is 10.4 Å². The van der Waals surface area contributed by atoms with Gasteiger partial charge in [-0.1, -0.05) is 6.07 Å². The number of nitrogens with zero attached hydrogens (tertiary/aromatic N) is 1. The summed E-state index contributed by atoms with van der Waals surface area (Å²) in [6.45, 7) is 0. The first kappa shape index (κ1) is 20.8. The minimum absolute atomic E-state index is 0.180. The Morgan fingerprint density at radius 1 is 0.906 bits per heavy atom. The van der Waals surface area contributed by atoms with E-state index < -0.39 is 20.9 Å². The van der Waals surface area contributed by atoms with Crippen LogP contribution >= 0.6 is 0 Å². The number of anilines is 2. The van der Waals surface area contributed by atoms with Gasteiger partial charge in [-0.2, -0.15) is 0 Å². The van der Waals surface area contributed by atoms with Crippen molar-refractivity contribution in [3.63, 3.8) is 0 Å². The maximum atomic E-state index is 12.5. The fourth-order valence-corrected chi connectivity index (χ4v) is 4.08. The molecule has 0 aliphatic heterocycles. The molecule has 0 fully saturated rings. The maximum absolute atomic E-state index is 12.5. The summed E-state index contributed by atoms with van der Waals surface area (Å²) in [6.07, 6.45) is 0. The van der Waals surface area contributed by atoms with Gasteiger partial charge in [-0.15, -0.1) is 0 Å². The van der Waals surface area contributed by atoms with E-state index in [9.17, 15) is 28.1 Å². The number of sulfonamides is 1. The molecule has 0 saturated heterocycles. The highest BCUT2D eigenvalue weighted by molar-refractivity contribution is 7.92. The van der Waals surface area contributed by atoms with Crippen molar-refractivity contribution in [1.82, 2.24) is 9.97 Å². The van der Waals surface area contributed by atoms with Crippen molar-refractivity contribution in [3.05, 3.63) is 92.9 Å². The van der Waals surface area contributed by atoms with E-state index in [1.54, 1.807) is 18.2 Å². The molecule has 4 rings (SSSR count). The van der Waals surface area contributed by atoms with Gasteiger partial charge in [0.25, 0.3) is 21.6 Å². The predicted octanol–water partition coefficient (Wildman–Crippen LogP) is 2.82. The van der Waals surface area contributed by atoms with Crippen molar-refractivity contribution in [2.75, 3.05) is 10.0 Å². The Morgan fingerprint density at radius 3 is 2.31 bits per heavy atom. The Morgan fingerprint density at radius 2 is 1.59 bits per heavy atom. The van der Waals surface area contributed by atoms with Gasteiger partial charge in [0.1, 0.15) is 0 Å². The average molecular weight is 453 g/mol. The third kappa shape index (κ3) is 4.34. The summed E-state index contributed by atoms with van der Waals surface area (Å²) < 4.78 is 27.3. The fourth-order valence-electron chi connectivity index (χ4n) is 2.98. The van der Waals surface area contributed by atoms with E-state index in [2.05, 4.69) is 20.0 Å². The number of aromatic nitrogens is 2. The van der Waals surface area contributed by atoms with Crippen LogP contribution in [0.5, 0.6) is 0 Å². The van der Waals surface area contributed by atoms with Gasteiger partial charge in [-0.3, -0.25) is 19.6 Å². The van der Waals surface area contributed by atoms with Crippen molar-refractivity contribution in [2.45, 2.75) is 4.90 Å². The second kappa shape index (κ2) is 8.00. The normalized spacial score (nSPS) is 11.2. The molecule has 32 heavy (non-hydrogen) atoms. The number of H-pyrrole nitrogens is 2. The summed E-state index contributed by atoms with van der Waals surface area (Å²) >= 11 is 0. The summed E-state index contributed by atoms with van der Waals surface area (Å²) in [6, 6.07) is 15.2. The van der Waals surface area contributed by atoms with Gasteiger partial charge in [0.05, 0.1) is 20.9 Å². The molecule has 3 aromatic carbocycles. The Kier molecular flexibility index (Phi) is 5.20. The van der Waals surface area contributed by atoms with Gasteiger partial charge in [0.2, 0.25) is 0 Å². The molecule has 1 amide bonds. The molecule has 4 N–H and O–H groups in total. The Hall–Kier alpha value is -4.45. The number of carbonyl (C=O) groups excluding carboxylic acids is 1. The Balaban J connectivity index is 1.48. The topological polar surface area (TPSA) is 167 Å². The number of imidazole rings is 1. The van der Waals surface area contributed by atoms with Gasteiger partial charge in [-0.25, -0.2) is 13.2 Å². The number of carbonyl (C=O) groups is 1. The highest BCUT2D eigenvalue weighted by Crippen LogP contribution is 2.21. The number of hydrogen-bond acceptors (Lipinski definition) is 6. The number of benzene rings is 3. The number of rotatable bonds is 6. The largest absolute Gasteiger partial charge is 0.323 e. The minimum atomic E-state index is -4.06. The van der Waals surface area contributed by atoms with E-state index in [0.717, 1.165) is 6.07 Å². The van der Waals surface area contributed by atoms with E-state index in [0.29, 0.717) is 16.7 Å². The van der Waals surface area contributed by atoms with E-state index in [1.165, 1.54) is 42.5 Å². The van der Waals surface area contributed by atoms with Crippen LogP contribution in [0, 0.1) is 10.1 Å². The highest BCUT2D eigenvalue weighted by atomic mass is 32.2. The number of amides is 1. The van der Waals surface area contributed by atoms with Crippen molar-refractivity contribution >= 4 is 44.0 Å². The lowest BCUT2D eigenvalue weighted by Crippen LogP contribution is -2.14. The van der Waals surface area contributed by atoms with Crippen LogP contribution in [0.3, 0.4) is 0 Å². The molecular formula is C20H15N5O6S. The Labute approximate surface area is 180 Å². The number of aromatic amines is 2. The maximum Gasteiger partial charge on any atom is 0.323 e. The molecule has 1 heterocycles. The van der Waals surface area contributed by atoms with Crippen LogP contribution in [0.4, 0.5) is 17.1 Å². The molecule has 12 heteroatoms. The SMILES string of the molecule is O=C(Nc1ccc2[nH]c(=O)[nH]c2c1)c1ccc(NS(=O)(=O)c2cccc([N+](=O)[O-])c2)cc1. The third-order valence-corrected chi connectivity index (χ3v) is 5.89. The second-order valence-corrected chi connectivity index (χ2v) is 8.41. The average Bonchev–Trinajstić information content (AvgIpc) is 3.13. The minimum Gasteiger partial charge on any atom is -0.322 e. The smallest absolute Gasteiger partial charge is 0.322 e. The first-order chi connectivity index (χ1) is 15.2. The quantitative estimate of drug-likeness (QED) is 0.259. The molecule has 4 aromatic rings. The zero-order valence-corrected chi connectivity index (χ0v) is 17.0. The molecule has 0 unspecified atom stereocenters. The third-order valence-electron chi connectivity index (χ3n) is 4.51. The van der Waals surface area contributed by atoms with E-state index in [1.807, 2.05) is 0 Å². The summed E-state index contributed by atoms with van der Waals surface area (Å²) in [4.78, 5) is 38.9. The van der Waals surface area contributed by atoms with Crippen LogP contribution in [0.2, 0.25) is 0 Å². The molecule has 0 aliphatic carbocycles. The second-order valence-electron chi connectivity index (χ2n) is 6.73. The molecule has 0 saturated carbocycles. The fraction of sp³-hybridized carbons (Fsp3) is 0. The predicted molar refractivity (Wildman–Crippen MR) is 117 cm³/mol. The number of nitrogens with one attached hydrogen (secondary N) is 4. The number of nitro groups is 1. The van der Waals surface area contributed by atoms with Gasteiger partial charge in [-0.05, 0) is 48.5 Å². The molecular weight excluding hydrogens is 438 g/mol. The molecule has 0 spiro atoms. The van der Waals surface area contributed by atoms with Crippen LogP contribution in [0.25, 0.3) is 11.0 Å². The van der Waals surface area contributed by atoms with Crippen molar-refractivity contribution < 1.29 is 18.1 Å². The van der Waals surface area contributed by atoms with E-state index in [-0.39, 0.29) is 27.5 Å². The number of fused-ring (bicyclic) bond motifs is 1. The highest BCUT2D eigenvalue weighted by Gasteiger charge is 2.18. The van der Waals surface area contributed by atoms with Crippen LogP contribution < -0.4 is 15.7 Å². The lowest BCUT2D eigenvalue weighted by Gasteiger charge is -2.09. The van der Waals surface area contributed by atoms with Crippen molar-refractivity contribution in [1.29, 1.82) is 0 Å². The summed E-state index contributed by atoms with van der Waals surface area (Å²) in [5.74, 6) is -0.435. The molecule has 0 aliphatic rings. The Bertz CT molecular complexity index is 1510. The molecule has 11 nitrogen and oxygen atoms in total. The standard InChI is InChI=1S/C20H15N5O6S/c26-19(21-14-8-9-17-18(10-14)23-20(27)22-17)12-4-6-13(7-5-12)24-32(30,31)16-3-1-2-15(11-16)25(28)29/h1-11,24H,(H,21,26)(H2,22,23,27).